The standard InChI is InChI=1S/C22H25N5O2/c1-15-14-16(27-12-10-25(2)11-13-27)8-9-19(15)23-21(28)20-17-6-4-5-7-18(17)22(29)26(3)24-20/h4-9,14H,10-13H2,1-3H3,(H,23,28). The number of aryl methyl sites for hydroxylation is 2. The molecule has 2 heterocycles. The molecule has 2 aromatic carbocycles. The molecule has 4 rings (SSSR count). The number of rotatable bonds is 3. The van der Waals surface area contributed by atoms with Gasteiger partial charge < -0.3 is 15.1 Å². The van der Waals surface area contributed by atoms with E-state index in [2.05, 4.69) is 33.3 Å². The van der Waals surface area contributed by atoms with E-state index in [1.807, 2.05) is 19.1 Å². The van der Waals surface area contributed by atoms with Gasteiger partial charge in [0.25, 0.3) is 11.5 Å². The highest BCUT2D eigenvalue weighted by Crippen LogP contribution is 2.24. The normalized spacial score (nSPS) is 14.9. The molecule has 0 atom stereocenters. The van der Waals surface area contributed by atoms with Gasteiger partial charge >= 0.3 is 0 Å². The molecule has 29 heavy (non-hydrogen) atoms. The van der Waals surface area contributed by atoms with Gasteiger partial charge in [-0.15, -0.1) is 0 Å². The van der Waals surface area contributed by atoms with E-state index in [4.69, 9.17) is 0 Å². The zero-order chi connectivity index (χ0) is 20.5. The summed E-state index contributed by atoms with van der Waals surface area (Å²) in [5, 5.41) is 8.20. The summed E-state index contributed by atoms with van der Waals surface area (Å²) in [7, 11) is 3.69. The summed E-state index contributed by atoms with van der Waals surface area (Å²) in [4.78, 5) is 29.9. The molecule has 3 aromatic rings. The van der Waals surface area contributed by atoms with Crippen LogP contribution in [0, 0.1) is 6.92 Å². The molecule has 0 aliphatic carbocycles. The van der Waals surface area contributed by atoms with Crippen LogP contribution in [0.4, 0.5) is 11.4 Å². The highest BCUT2D eigenvalue weighted by Gasteiger charge is 2.18. The number of nitrogens with one attached hydrogen (secondary N) is 1. The Labute approximate surface area is 169 Å². The number of benzene rings is 2. The average molecular weight is 391 g/mol. The predicted molar refractivity (Wildman–Crippen MR) is 116 cm³/mol. The van der Waals surface area contributed by atoms with Crippen LogP contribution in [0.5, 0.6) is 0 Å². The van der Waals surface area contributed by atoms with Gasteiger partial charge in [0.2, 0.25) is 0 Å². The Hall–Kier alpha value is -3.19. The zero-order valence-corrected chi connectivity index (χ0v) is 17.0. The number of carbonyl (C=O) groups is 1. The van der Waals surface area contributed by atoms with Crippen molar-refractivity contribution >= 4 is 28.1 Å². The molecule has 7 heteroatoms. The van der Waals surface area contributed by atoms with Crippen molar-refractivity contribution in [2.24, 2.45) is 7.05 Å². The monoisotopic (exact) mass is 391 g/mol. The van der Waals surface area contributed by atoms with Crippen molar-refractivity contribution in [3.63, 3.8) is 0 Å². The van der Waals surface area contributed by atoms with Gasteiger partial charge in [0.05, 0.1) is 5.39 Å². The third-order valence-electron chi connectivity index (χ3n) is 5.50. The number of carbonyl (C=O) groups excluding carboxylic acids is 1. The van der Waals surface area contributed by atoms with Crippen LogP contribution >= 0.6 is 0 Å². The lowest BCUT2D eigenvalue weighted by Gasteiger charge is -2.34. The van der Waals surface area contributed by atoms with Crippen LogP contribution < -0.4 is 15.8 Å². The maximum Gasteiger partial charge on any atom is 0.276 e. The maximum absolute atomic E-state index is 13.0. The Morgan fingerprint density at radius 2 is 1.69 bits per heavy atom. The van der Waals surface area contributed by atoms with Gasteiger partial charge in [-0.2, -0.15) is 5.10 Å². The summed E-state index contributed by atoms with van der Waals surface area (Å²) >= 11 is 0. The minimum absolute atomic E-state index is 0.218. The minimum atomic E-state index is -0.327. The first-order valence-corrected chi connectivity index (χ1v) is 9.75. The van der Waals surface area contributed by atoms with E-state index in [0.717, 1.165) is 37.4 Å². The second kappa shape index (κ2) is 7.67. The first-order chi connectivity index (χ1) is 13.9. The summed E-state index contributed by atoms with van der Waals surface area (Å²) in [6.07, 6.45) is 0. The van der Waals surface area contributed by atoms with E-state index in [1.54, 1.807) is 31.3 Å². The fraction of sp³-hybridized carbons (Fsp3) is 0.318. The number of nitrogens with zero attached hydrogens (tertiary/aromatic N) is 4. The van der Waals surface area contributed by atoms with Gasteiger partial charge in [0.15, 0.2) is 5.69 Å². The van der Waals surface area contributed by atoms with Gasteiger partial charge in [-0.05, 0) is 43.8 Å². The smallest absolute Gasteiger partial charge is 0.276 e. The molecular formula is C22H25N5O2. The van der Waals surface area contributed by atoms with Crippen LogP contribution in [0.3, 0.4) is 0 Å². The quantitative estimate of drug-likeness (QED) is 0.742. The molecule has 1 aliphatic heterocycles. The SMILES string of the molecule is Cc1cc(N2CCN(C)CC2)ccc1NC(=O)c1nn(C)c(=O)c2ccccc12. The van der Waals surface area contributed by atoms with Crippen LogP contribution in [0.25, 0.3) is 10.8 Å². The molecule has 0 bridgehead atoms. The number of hydrogen-bond acceptors (Lipinski definition) is 5. The fourth-order valence-corrected chi connectivity index (χ4v) is 3.70. The molecule has 7 nitrogen and oxygen atoms in total. The Morgan fingerprint density at radius 3 is 2.38 bits per heavy atom. The summed E-state index contributed by atoms with van der Waals surface area (Å²) in [6.45, 7) is 6.07. The fourth-order valence-electron chi connectivity index (χ4n) is 3.70. The van der Waals surface area contributed by atoms with Crippen LogP contribution in [-0.4, -0.2) is 53.8 Å². The summed E-state index contributed by atoms with van der Waals surface area (Å²) in [5.41, 5.74) is 2.92. The predicted octanol–water partition coefficient (Wildman–Crippen LogP) is 2.25. The number of fused-ring (bicyclic) bond motifs is 1. The highest BCUT2D eigenvalue weighted by molar-refractivity contribution is 6.11. The summed E-state index contributed by atoms with van der Waals surface area (Å²) < 4.78 is 1.21. The molecule has 1 N–H and O–H groups in total. The number of likely N-dealkylation sites (N-methyl/N-ethyl adjacent to an activating group) is 1. The van der Waals surface area contributed by atoms with Crippen molar-refractivity contribution in [2.45, 2.75) is 6.92 Å². The minimum Gasteiger partial charge on any atom is -0.369 e. The molecule has 0 unspecified atom stereocenters. The van der Waals surface area contributed by atoms with Crippen LogP contribution in [-0.2, 0) is 7.05 Å². The summed E-state index contributed by atoms with van der Waals surface area (Å²) in [6, 6.07) is 13.1. The van der Waals surface area contributed by atoms with E-state index < -0.39 is 0 Å². The van der Waals surface area contributed by atoms with E-state index in [9.17, 15) is 9.59 Å². The second-order valence-corrected chi connectivity index (χ2v) is 7.57. The van der Waals surface area contributed by atoms with Crippen molar-refractivity contribution in [3.8, 4) is 0 Å². The molecule has 1 aromatic heterocycles. The molecule has 0 radical (unpaired) electrons. The van der Waals surface area contributed by atoms with Crippen molar-refractivity contribution in [3.05, 3.63) is 64.1 Å². The third-order valence-corrected chi connectivity index (χ3v) is 5.50. The lowest BCUT2D eigenvalue weighted by atomic mass is 10.1. The Balaban J connectivity index is 1.60. The van der Waals surface area contributed by atoms with E-state index in [1.165, 1.54) is 10.4 Å². The van der Waals surface area contributed by atoms with Crippen molar-refractivity contribution in [1.82, 2.24) is 14.7 Å². The van der Waals surface area contributed by atoms with E-state index >= 15 is 0 Å². The van der Waals surface area contributed by atoms with Gasteiger partial charge in [-0.1, -0.05) is 18.2 Å². The highest BCUT2D eigenvalue weighted by atomic mass is 16.2. The first-order valence-electron chi connectivity index (χ1n) is 9.75. The van der Waals surface area contributed by atoms with Crippen molar-refractivity contribution in [2.75, 3.05) is 43.4 Å². The van der Waals surface area contributed by atoms with Crippen molar-refractivity contribution in [1.29, 1.82) is 0 Å². The van der Waals surface area contributed by atoms with Crippen LogP contribution in [0.2, 0.25) is 0 Å². The Kier molecular flexibility index (Phi) is 5.07. The average Bonchev–Trinajstić information content (AvgIpc) is 2.72. The lowest BCUT2D eigenvalue weighted by molar-refractivity contribution is 0.102. The number of hydrogen-bond donors (Lipinski definition) is 1. The van der Waals surface area contributed by atoms with Crippen LogP contribution in [0.15, 0.2) is 47.3 Å². The van der Waals surface area contributed by atoms with Crippen LogP contribution in [0.1, 0.15) is 16.1 Å². The van der Waals surface area contributed by atoms with Crippen molar-refractivity contribution < 1.29 is 4.79 Å². The molecule has 1 saturated heterocycles. The number of piperazine rings is 1. The number of aromatic nitrogens is 2. The molecule has 0 spiro atoms. The zero-order valence-electron chi connectivity index (χ0n) is 17.0. The van der Waals surface area contributed by atoms with Gasteiger partial charge in [0.1, 0.15) is 0 Å². The maximum atomic E-state index is 13.0. The van der Waals surface area contributed by atoms with E-state index in [-0.39, 0.29) is 17.2 Å². The topological polar surface area (TPSA) is 70.5 Å². The summed E-state index contributed by atoms with van der Waals surface area (Å²) in [5.74, 6) is -0.327. The largest absolute Gasteiger partial charge is 0.369 e. The molecular weight excluding hydrogens is 366 g/mol. The second-order valence-electron chi connectivity index (χ2n) is 7.57. The van der Waals surface area contributed by atoms with Gasteiger partial charge in [-0.3, -0.25) is 9.59 Å². The third kappa shape index (κ3) is 3.73. The molecule has 1 amide bonds. The Morgan fingerprint density at radius 1 is 1.00 bits per heavy atom. The lowest BCUT2D eigenvalue weighted by Crippen LogP contribution is -2.44. The van der Waals surface area contributed by atoms with E-state index in [0.29, 0.717) is 10.8 Å². The number of amides is 1. The molecule has 1 aliphatic rings. The molecule has 0 saturated carbocycles. The molecule has 1 fully saturated rings. The molecule has 150 valence electrons. The van der Waals surface area contributed by atoms with Gasteiger partial charge in [0, 0.05) is 50.0 Å². The first kappa shape index (κ1) is 19.1. The van der Waals surface area contributed by atoms with Gasteiger partial charge in [-0.25, -0.2) is 4.68 Å². The Bertz CT molecular complexity index is 1130. The number of anilines is 2.